The molecule has 2 aliphatic heterocycles. The predicted molar refractivity (Wildman–Crippen MR) is 78.6 cm³/mol. The molecule has 20 heavy (non-hydrogen) atoms. The van der Waals surface area contributed by atoms with Crippen LogP contribution in [0.5, 0.6) is 5.75 Å². The highest BCUT2D eigenvalue weighted by atomic mass is 32.2. The molecule has 5 heteroatoms. The smallest absolute Gasteiger partial charge is 0.150 e. The largest absolute Gasteiger partial charge is 0.492 e. The monoisotopic (exact) mass is 295 g/mol. The average molecular weight is 295 g/mol. The minimum absolute atomic E-state index is 0.347. The Balaban J connectivity index is 1.56. The number of nitrogens with zero attached hydrogens (tertiary/aromatic N) is 1. The first-order valence-electron chi connectivity index (χ1n) is 7.26. The van der Waals surface area contributed by atoms with E-state index in [2.05, 4.69) is 11.0 Å². The summed E-state index contributed by atoms with van der Waals surface area (Å²) in [5.41, 5.74) is 1.23. The van der Waals surface area contributed by atoms with Gasteiger partial charge in [-0.05, 0) is 31.4 Å². The van der Waals surface area contributed by atoms with Gasteiger partial charge in [0.25, 0.3) is 0 Å². The lowest BCUT2D eigenvalue weighted by Crippen LogP contribution is -2.28. The molecular formula is C15H21NO3S. The van der Waals surface area contributed by atoms with E-state index in [-0.39, 0.29) is 0 Å². The number of hydrogen-bond donors (Lipinski definition) is 0. The first-order valence-corrected chi connectivity index (χ1v) is 9.08. The summed E-state index contributed by atoms with van der Waals surface area (Å²) in [6, 6.07) is 8.16. The summed E-state index contributed by atoms with van der Waals surface area (Å²) in [7, 11) is -2.75. The molecule has 0 spiro atoms. The lowest BCUT2D eigenvalue weighted by atomic mass is 10.0. The molecule has 0 bridgehead atoms. The number of ether oxygens (including phenoxy) is 1. The fraction of sp³-hybridized carbons (Fsp3) is 0.600. The minimum Gasteiger partial charge on any atom is -0.492 e. The Morgan fingerprint density at radius 3 is 2.95 bits per heavy atom. The SMILES string of the molecule is O=S1(=O)CCC(CCN2CCOc3ccccc3C2)C1. The highest BCUT2D eigenvalue weighted by Gasteiger charge is 2.28. The molecule has 2 aliphatic rings. The molecule has 0 aliphatic carbocycles. The zero-order valence-corrected chi connectivity index (χ0v) is 12.4. The van der Waals surface area contributed by atoms with Crippen LogP contribution in [0.1, 0.15) is 18.4 Å². The molecule has 0 aromatic heterocycles. The van der Waals surface area contributed by atoms with E-state index in [0.717, 1.165) is 38.2 Å². The second kappa shape index (κ2) is 5.74. The van der Waals surface area contributed by atoms with Crippen LogP contribution in [0, 0.1) is 5.92 Å². The average Bonchev–Trinajstić information content (AvgIpc) is 2.66. The standard InChI is InChI=1S/C15H21NO3S/c17-20(18)10-6-13(12-20)5-7-16-8-9-19-15-4-2-1-3-14(15)11-16/h1-4,13H,5-12H2. The Morgan fingerprint density at radius 2 is 2.15 bits per heavy atom. The molecule has 0 radical (unpaired) electrons. The number of para-hydroxylation sites is 1. The molecule has 1 saturated heterocycles. The van der Waals surface area contributed by atoms with Crippen LogP contribution in [0.15, 0.2) is 24.3 Å². The number of rotatable bonds is 3. The lowest BCUT2D eigenvalue weighted by Gasteiger charge is -2.20. The van der Waals surface area contributed by atoms with Crippen LogP contribution in [-0.4, -0.2) is 44.5 Å². The maximum Gasteiger partial charge on any atom is 0.150 e. The molecule has 0 N–H and O–H groups in total. The van der Waals surface area contributed by atoms with Crippen LogP contribution in [-0.2, 0) is 16.4 Å². The van der Waals surface area contributed by atoms with Crippen molar-refractivity contribution in [3.8, 4) is 5.75 Å². The van der Waals surface area contributed by atoms with E-state index in [0.29, 0.717) is 24.0 Å². The van der Waals surface area contributed by atoms with Gasteiger partial charge in [-0.25, -0.2) is 8.42 Å². The second-order valence-electron chi connectivity index (χ2n) is 5.79. The van der Waals surface area contributed by atoms with Crippen molar-refractivity contribution in [3.05, 3.63) is 29.8 Å². The molecule has 1 atom stereocenters. The molecule has 1 fully saturated rings. The summed E-state index contributed by atoms with van der Waals surface area (Å²) >= 11 is 0. The second-order valence-corrected chi connectivity index (χ2v) is 8.02. The fourth-order valence-corrected chi connectivity index (χ4v) is 4.95. The minimum atomic E-state index is -2.75. The van der Waals surface area contributed by atoms with Crippen LogP contribution >= 0.6 is 0 Å². The van der Waals surface area contributed by atoms with Gasteiger partial charge in [-0.3, -0.25) is 4.90 Å². The number of sulfone groups is 1. The molecule has 1 aromatic carbocycles. The molecule has 3 rings (SSSR count). The Hall–Kier alpha value is -1.07. The van der Waals surface area contributed by atoms with Crippen molar-refractivity contribution in [1.29, 1.82) is 0 Å². The fourth-order valence-electron chi connectivity index (χ4n) is 3.04. The summed E-state index contributed by atoms with van der Waals surface area (Å²) < 4.78 is 28.7. The van der Waals surface area contributed by atoms with E-state index < -0.39 is 9.84 Å². The van der Waals surface area contributed by atoms with E-state index in [1.165, 1.54) is 5.56 Å². The van der Waals surface area contributed by atoms with E-state index in [4.69, 9.17) is 4.74 Å². The quantitative estimate of drug-likeness (QED) is 0.851. The summed E-state index contributed by atoms with van der Waals surface area (Å²) in [5, 5.41) is 0. The van der Waals surface area contributed by atoms with Crippen LogP contribution in [0.25, 0.3) is 0 Å². The molecule has 0 saturated carbocycles. The normalized spacial score (nSPS) is 25.7. The van der Waals surface area contributed by atoms with E-state index in [1.54, 1.807) is 0 Å². The molecule has 2 heterocycles. The maximum absolute atomic E-state index is 11.5. The van der Waals surface area contributed by atoms with Crippen molar-refractivity contribution < 1.29 is 13.2 Å². The van der Waals surface area contributed by atoms with Crippen molar-refractivity contribution in [2.75, 3.05) is 31.2 Å². The zero-order chi connectivity index (χ0) is 14.0. The van der Waals surface area contributed by atoms with E-state index in [9.17, 15) is 8.42 Å². The van der Waals surface area contributed by atoms with Crippen molar-refractivity contribution in [2.45, 2.75) is 19.4 Å². The van der Waals surface area contributed by atoms with Crippen molar-refractivity contribution in [1.82, 2.24) is 4.90 Å². The Kier molecular flexibility index (Phi) is 3.98. The van der Waals surface area contributed by atoms with Gasteiger partial charge in [0.1, 0.15) is 12.4 Å². The first-order chi connectivity index (χ1) is 9.62. The Morgan fingerprint density at radius 1 is 1.30 bits per heavy atom. The summed E-state index contributed by atoms with van der Waals surface area (Å²) in [4.78, 5) is 2.37. The van der Waals surface area contributed by atoms with Gasteiger partial charge < -0.3 is 4.74 Å². The first kappa shape index (κ1) is 13.9. The number of benzene rings is 1. The van der Waals surface area contributed by atoms with Crippen LogP contribution in [0.4, 0.5) is 0 Å². The van der Waals surface area contributed by atoms with Gasteiger partial charge in [-0.2, -0.15) is 0 Å². The predicted octanol–water partition coefficient (Wildman–Crippen LogP) is 1.71. The molecule has 1 aromatic rings. The Labute approximate surface area is 120 Å². The third-order valence-electron chi connectivity index (χ3n) is 4.21. The highest BCUT2D eigenvalue weighted by molar-refractivity contribution is 7.91. The van der Waals surface area contributed by atoms with Gasteiger partial charge in [0.2, 0.25) is 0 Å². The maximum atomic E-state index is 11.5. The van der Waals surface area contributed by atoms with Gasteiger partial charge in [0.05, 0.1) is 11.5 Å². The van der Waals surface area contributed by atoms with Crippen molar-refractivity contribution in [2.24, 2.45) is 5.92 Å². The summed E-state index contributed by atoms with van der Waals surface area (Å²) in [5.74, 6) is 2.09. The third kappa shape index (κ3) is 3.33. The topological polar surface area (TPSA) is 46.6 Å². The van der Waals surface area contributed by atoms with Crippen molar-refractivity contribution >= 4 is 9.84 Å². The van der Waals surface area contributed by atoms with Gasteiger partial charge in [-0.1, -0.05) is 18.2 Å². The lowest BCUT2D eigenvalue weighted by molar-refractivity contribution is 0.215. The number of hydrogen-bond acceptors (Lipinski definition) is 4. The highest BCUT2D eigenvalue weighted by Crippen LogP contribution is 2.25. The summed E-state index contributed by atoms with van der Waals surface area (Å²) in [6.45, 7) is 3.47. The van der Waals surface area contributed by atoms with E-state index >= 15 is 0 Å². The molecule has 1 unspecified atom stereocenters. The molecular weight excluding hydrogens is 274 g/mol. The van der Waals surface area contributed by atoms with Crippen LogP contribution in [0.3, 0.4) is 0 Å². The van der Waals surface area contributed by atoms with Crippen LogP contribution in [0.2, 0.25) is 0 Å². The van der Waals surface area contributed by atoms with Gasteiger partial charge in [-0.15, -0.1) is 0 Å². The summed E-state index contributed by atoms with van der Waals surface area (Å²) in [6.07, 6.45) is 1.81. The Bertz CT molecular complexity index is 570. The zero-order valence-electron chi connectivity index (χ0n) is 11.6. The molecule has 110 valence electrons. The van der Waals surface area contributed by atoms with Gasteiger partial charge in [0, 0.05) is 18.7 Å². The third-order valence-corrected chi connectivity index (χ3v) is 6.05. The van der Waals surface area contributed by atoms with Crippen LogP contribution < -0.4 is 4.74 Å². The molecule has 0 amide bonds. The molecule has 4 nitrogen and oxygen atoms in total. The van der Waals surface area contributed by atoms with Crippen molar-refractivity contribution in [3.63, 3.8) is 0 Å². The number of fused-ring (bicyclic) bond motifs is 1. The van der Waals surface area contributed by atoms with Gasteiger partial charge in [0.15, 0.2) is 9.84 Å². The van der Waals surface area contributed by atoms with Gasteiger partial charge >= 0.3 is 0 Å². The van der Waals surface area contributed by atoms with E-state index in [1.807, 2.05) is 18.2 Å².